The van der Waals surface area contributed by atoms with Crippen molar-refractivity contribution in [3.63, 3.8) is 0 Å². The van der Waals surface area contributed by atoms with Crippen LogP contribution < -0.4 is 10.1 Å². The summed E-state index contributed by atoms with van der Waals surface area (Å²) in [5, 5.41) is 39.4. The molecule has 0 spiro atoms. The number of hydrogen-bond acceptors (Lipinski definition) is 15. The number of nitrogens with zero attached hydrogens (tertiary/aromatic N) is 6. The summed E-state index contributed by atoms with van der Waals surface area (Å²) >= 11 is 0. The zero-order chi connectivity index (χ0) is 42.0. The minimum Gasteiger partial charge on any atom is -0.505 e. The van der Waals surface area contributed by atoms with Gasteiger partial charge in [0, 0.05) is 16.8 Å². The Labute approximate surface area is 331 Å². The Morgan fingerprint density at radius 3 is 1.60 bits per heavy atom. The molecule has 0 unspecified atom stereocenters. The lowest BCUT2D eigenvalue weighted by molar-refractivity contribution is 0.415. The number of ether oxygens (including phenoxy) is 1. The lowest BCUT2D eigenvalue weighted by Crippen LogP contribution is -2.03. The van der Waals surface area contributed by atoms with E-state index in [4.69, 9.17) is 4.74 Å². The third-order valence-corrected chi connectivity index (χ3v) is 11.0. The molecule has 0 aromatic heterocycles. The van der Waals surface area contributed by atoms with Crippen molar-refractivity contribution in [1.82, 2.24) is 0 Å². The molecule has 0 radical (unpaired) electrons. The number of fused-ring (bicyclic) bond motifs is 1. The number of aromatic hydroxyl groups is 1. The van der Waals surface area contributed by atoms with Gasteiger partial charge in [0.05, 0.1) is 34.8 Å². The standard InChI is InChI=1S/C37H31N7O11S3/c1-21-17-33(43-44-36-35(58(52,53)54)19-23-18-27(10-14-30(23)37(36)45)38-24-8-11-28(55-3)12-9-24)22(2)16-32(21)42-40-26-6-4-25(5-7-26)39-41-31-15-13-29(56(46,47)48)20-34(31)57(49,50)51/h4-20,38,45H,1-3H3,(H,46,47,48)(H,49,50,51)(H,52,53,54). The Hall–Kier alpha value is -6.49. The minimum absolute atomic E-state index is 0.238. The van der Waals surface area contributed by atoms with E-state index in [1.54, 1.807) is 75.6 Å². The smallest absolute Gasteiger partial charge is 0.296 e. The van der Waals surface area contributed by atoms with Gasteiger partial charge in [0.15, 0.2) is 5.75 Å². The van der Waals surface area contributed by atoms with Crippen LogP contribution in [-0.2, 0) is 30.4 Å². The molecule has 5 N–H and O–H groups in total. The molecule has 0 saturated carbocycles. The highest BCUT2D eigenvalue weighted by molar-refractivity contribution is 7.87. The fourth-order valence-corrected chi connectivity index (χ4v) is 7.31. The average Bonchev–Trinajstić information content (AvgIpc) is 3.16. The van der Waals surface area contributed by atoms with Gasteiger partial charge < -0.3 is 15.2 Å². The maximum absolute atomic E-state index is 12.5. The van der Waals surface area contributed by atoms with E-state index in [2.05, 4.69) is 36.0 Å². The normalized spacial score (nSPS) is 12.6. The zero-order valence-corrected chi connectivity index (χ0v) is 32.8. The number of hydrogen-bond donors (Lipinski definition) is 5. The van der Waals surface area contributed by atoms with Gasteiger partial charge in [-0.1, -0.05) is 0 Å². The van der Waals surface area contributed by atoms with Gasteiger partial charge in [0.25, 0.3) is 30.4 Å². The second-order valence-electron chi connectivity index (χ2n) is 12.5. The summed E-state index contributed by atoms with van der Waals surface area (Å²) in [5.74, 6) is 0.165. The first kappa shape index (κ1) is 41.2. The number of anilines is 2. The lowest BCUT2D eigenvalue weighted by Gasteiger charge is -2.12. The van der Waals surface area contributed by atoms with E-state index in [-0.39, 0.29) is 16.8 Å². The predicted octanol–water partition coefficient (Wildman–Crippen LogP) is 9.90. The molecule has 0 amide bonds. The number of nitrogens with one attached hydrogen (secondary N) is 1. The molecule has 6 aromatic rings. The van der Waals surface area contributed by atoms with Crippen LogP contribution in [0.15, 0.2) is 149 Å². The molecule has 6 rings (SSSR count). The summed E-state index contributed by atoms with van der Waals surface area (Å²) in [6.45, 7) is 3.44. The molecular formula is C37H31N7O11S3. The molecule has 0 atom stereocenters. The molecule has 0 bridgehead atoms. The van der Waals surface area contributed by atoms with Crippen molar-refractivity contribution in [3.05, 3.63) is 114 Å². The number of azo groups is 3. The number of methoxy groups -OCH3 is 1. The van der Waals surface area contributed by atoms with Gasteiger partial charge in [0.1, 0.15) is 26.9 Å². The Morgan fingerprint density at radius 2 is 1.07 bits per heavy atom. The zero-order valence-electron chi connectivity index (χ0n) is 30.4. The predicted molar refractivity (Wildman–Crippen MR) is 213 cm³/mol. The Balaban J connectivity index is 1.21. The van der Waals surface area contributed by atoms with E-state index >= 15 is 0 Å². The van der Waals surface area contributed by atoms with Crippen molar-refractivity contribution in [1.29, 1.82) is 0 Å². The van der Waals surface area contributed by atoms with E-state index in [0.717, 1.165) is 17.8 Å². The monoisotopic (exact) mass is 845 g/mol. The van der Waals surface area contributed by atoms with Gasteiger partial charge >= 0.3 is 0 Å². The van der Waals surface area contributed by atoms with Gasteiger partial charge in [-0.3, -0.25) is 13.7 Å². The van der Waals surface area contributed by atoms with Gasteiger partial charge in [-0.15, -0.1) is 10.2 Å². The van der Waals surface area contributed by atoms with Gasteiger partial charge in [-0.2, -0.15) is 45.7 Å². The summed E-state index contributed by atoms with van der Waals surface area (Å²) < 4.78 is 105. The van der Waals surface area contributed by atoms with Crippen molar-refractivity contribution < 1.29 is 48.8 Å². The first-order valence-electron chi connectivity index (χ1n) is 16.5. The van der Waals surface area contributed by atoms with Gasteiger partial charge in [0.2, 0.25) is 0 Å². The molecule has 21 heteroatoms. The van der Waals surface area contributed by atoms with Crippen LogP contribution in [0, 0.1) is 13.8 Å². The molecule has 298 valence electrons. The number of phenols is 1. The van der Waals surface area contributed by atoms with E-state index in [9.17, 15) is 44.0 Å². The van der Waals surface area contributed by atoms with E-state index in [1.807, 2.05) is 0 Å². The Morgan fingerprint density at radius 1 is 0.534 bits per heavy atom. The molecule has 0 aliphatic heterocycles. The Kier molecular flexibility index (Phi) is 11.5. The van der Waals surface area contributed by atoms with Crippen molar-refractivity contribution in [2.24, 2.45) is 30.7 Å². The molecule has 0 aliphatic rings. The quantitative estimate of drug-likeness (QED) is 0.0568. The number of rotatable bonds is 12. The topological polar surface area (TPSA) is 279 Å². The van der Waals surface area contributed by atoms with Crippen molar-refractivity contribution in [2.75, 3.05) is 12.4 Å². The third kappa shape index (κ3) is 9.54. The van der Waals surface area contributed by atoms with Crippen molar-refractivity contribution in [3.8, 4) is 11.5 Å². The van der Waals surface area contributed by atoms with Crippen LogP contribution in [0.1, 0.15) is 11.1 Å². The number of phenolic OH excluding ortho intramolecular Hbond substituents is 1. The van der Waals surface area contributed by atoms with E-state index in [0.29, 0.717) is 51.1 Å². The van der Waals surface area contributed by atoms with Crippen LogP contribution in [0.3, 0.4) is 0 Å². The highest BCUT2D eigenvalue weighted by atomic mass is 32.2. The molecule has 0 aliphatic carbocycles. The first-order chi connectivity index (χ1) is 27.3. The molecule has 6 aromatic carbocycles. The maximum Gasteiger partial charge on any atom is 0.296 e. The highest BCUT2D eigenvalue weighted by Gasteiger charge is 2.23. The summed E-state index contributed by atoms with van der Waals surface area (Å²) in [4.78, 5) is -2.28. The molecule has 0 fully saturated rings. The van der Waals surface area contributed by atoms with Crippen LogP contribution in [0.25, 0.3) is 10.8 Å². The van der Waals surface area contributed by atoms with Crippen molar-refractivity contribution >= 4 is 86.6 Å². The largest absolute Gasteiger partial charge is 0.505 e. The van der Waals surface area contributed by atoms with Gasteiger partial charge in [-0.05, 0) is 133 Å². The summed E-state index contributed by atoms with van der Waals surface area (Å²) in [5.41, 5.74) is 3.06. The summed E-state index contributed by atoms with van der Waals surface area (Å²) in [7, 11) is -13.0. The second-order valence-corrected chi connectivity index (χ2v) is 16.7. The van der Waals surface area contributed by atoms with Crippen molar-refractivity contribution in [2.45, 2.75) is 28.5 Å². The second kappa shape index (κ2) is 16.2. The fourth-order valence-electron chi connectivity index (χ4n) is 5.42. The number of benzene rings is 6. The fraction of sp³-hybridized carbons (Fsp3) is 0.0811. The highest BCUT2D eigenvalue weighted by Crippen LogP contribution is 2.43. The average molecular weight is 846 g/mol. The molecule has 0 heterocycles. The maximum atomic E-state index is 12.5. The molecule has 58 heavy (non-hydrogen) atoms. The van der Waals surface area contributed by atoms with E-state index in [1.165, 1.54) is 30.3 Å². The summed E-state index contributed by atoms with van der Waals surface area (Å²) in [6, 6.07) is 24.9. The lowest BCUT2D eigenvalue weighted by atomic mass is 10.1. The first-order valence-corrected chi connectivity index (χ1v) is 20.9. The van der Waals surface area contributed by atoms with Crippen LogP contribution >= 0.6 is 0 Å². The minimum atomic E-state index is -4.93. The molecule has 18 nitrogen and oxygen atoms in total. The van der Waals surface area contributed by atoms with Crippen LogP contribution in [0.2, 0.25) is 0 Å². The number of aryl methyl sites for hydroxylation is 2. The van der Waals surface area contributed by atoms with E-state index < -0.39 is 56.5 Å². The van der Waals surface area contributed by atoms with Gasteiger partial charge in [-0.25, -0.2) is 0 Å². The Bertz CT molecular complexity index is 3010. The van der Waals surface area contributed by atoms with Crippen LogP contribution in [0.4, 0.5) is 45.5 Å². The summed E-state index contributed by atoms with van der Waals surface area (Å²) in [6.07, 6.45) is 0. The SMILES string of the molecule is COc1ccc(Nc2ccc3c(O)c(N=Nc4cc(C)c(N=Nc5ccc(N=Nc6ccc(S(=O)(=O)O)cc6S(=O)(=O)O)cc5)cc4C)c(S(=O)(=O)O)cc3c2)cc1. The molecular weight excluding hydrogens is 815 g/mol. The van der Waals surface area contributed by atoms with Crippen LogP contribution in [-0.4, -0.2) is 51.1 Å². The third-order valence-electron chi connectivity index (χ3n) is 8.38. The van der Waals surface area contributed by atoms with Crippen LogP contribution in [0.5, 0.6) is 11.5 Å². The molecule has 0 saturated heterocycles.